The van der Waals surface area contributed by atoms with Gasteiger partial charge in [-0.3, -0.25) is 9.63 Å². The number of hydrogen-bond donors (Lipinski definition) is 0. The quantitative estimate of drug-likeness (QED) is 0.660. The maximum absolute atomic E-state index is 11.4. The molecule has 0 aliphatic heterocycles. The molecule has 0 saturated carbocycles. The van der Waals surface area contributed by atoms with Gasteiger partial charge in [0.1, 0.15) is 6.61 Å². The predicted octanol–water partition coefficient (Wildman–Crippen LogP) is 0.454. The number of hydrogen-bond acceptors (Lipinski definition) is 5. The maximum Gasteiger partial charge on any atom is 0.299 e. The Morgan fingerprint density at radius 1 is 1.64 bits per heavy atom. The molecule has 0 unspecified atom stereocenters. The van der Waals surface area contributed by atoms with Crippen molar-refractivity contribution in [1.29, 1.82) is 0 Å². The summed E-state index contributed by atoms with van der Waals surface area (Å²) >= 11 is 0. The minimum absolute atomic E-state index is 0.196. The minimum atomic E-state index is -0.362. The number of amides is 1. The lowest BCUT2D eigenvalue weighted by atomic mass is 10.3. The summed E-state index contributed by atoms with van der Waals surface area (Å²) in [6, 6.07) is 1.52. The molecule has 14 heavy (non-hydrogen) atoms. The summed E-state index contributed by atoms with van der Waals surface area (Å²) in [6.45, 7) is 0.289. The second-order valence-electron chi connectivity index (χ2n) is 2.60. The smallest absolute Gasteiger partial charge is 0.299 e. The van der Waals surface area contributed by atoms with Crippen LogP contribution in [0, 0.1) is 0 Å². The van der Waals surface area contributed by atoms with Crippen LogP contribution < -0.4 is 0 Å². The second kappa shape index (κ2) is 4.73. The lowest BCUT2D eigenvalue weighted by molar-refractivity contribution is -0.0762. The highest BCUT2D eigenvalue weighted by Crippen LogP contribution is 2.06. The van der Waals surface area contributed by atoms with Crippen molar-refractivity contribution in [2.24, 2.45) is 0 Å². The zero-order valence-corrected chi connectivity index (χ0v) is 8.31. The summed E-state index contributed by atoms with van der Waals surface area (Å²) in [6.07, 6.45) is 0. The van der Waals surface area contributed by atoms with Crippen molar-refractivity contribution in [2.45, 2.75) is 6.61 Å². The van der Waals surface area contributed by atoms with E-state index in [1.807, 2.05) is 0 Å². The molecule has 0 aliphatic carbocycles. The Labute approximate surface area is 81.3 Å². The molecule has 78 valence electrons. The number of ether oxygens (including phenoxy) is 1. The van der Waals surface area contributed by atoms with Crippen LogP contribution in [0.5, 0.6) is 0 Å². The van der Waals surface area contributed by atoms with Crippen LogP contribution in [0.4, 0.5) is 0 Å². The van der Waals surface area contributed by atoms with Gasteiger partial charge in [-0.05, 0) is 0 Å². The molecule has 0 fully saturated rings. The lowest BCUT2D eigenvalue weighted by Gasteiger charge is -2.10. The van der Waals surface area contributed by atoms with E-state index >= 15 is 0 Å². The van der Waals surface area contributed by atoms with Crippen molar-refractivity contribution in [2.75, 3.05) is 21.3 Å². The van der Waals surface area contributed by atoms with Gasteiger partial charge in [-0.15, -0.1) is 0 Å². The monoisotopic (exact) mass is 200 g/mol. The van der Waals surface area contributed by atoms with Gasteiger partial charge in [0.25, 0.3) is 5.91 Å². The summed E-state index contributed by atoms with van der Waals surface area (Å²) in [5.41, 5.74) is 0.196. The predicted molar refractivity (Wildman–Crippen MR) is 46.3 cm³/mol. The van der Waals surface area contributed by atoms with Crippen LogP contribution in [-0.4, -0.2) is 37.4 Å². The van der Waals surface area contributed by atoms with E-state index in [1.54, 1.807) is 0 Å². The number of rotatable bonds is 4. The third kappa shape index (κ3) is 2.30. The molecular formula is C8H12N2O4. The minimum Gasteiger partial charge on any atom is -0.377 e. The molecule has 0 aromatic carbocycles. The highest BCUT2D eigenvalue weighted by molar-refractivity contribution is 5.91. The number of carbonyl (C=O) groups is 1. The van der Waals surface area contributed by atoms with Gasteiger partial charge in [0.05, 0.1) is 7.11 Å². The molecule has 0 radical (unpaired) electrons. The summed E-state index contributed by atoms with van der Waals surface area (Å²) in [4.78, 5) is 16.1. The van der Waals surface area contributed by atoms with E-state index in [1.165, 1.54) is 27.3 Å². The van der Waals surface area contributed by atoms with E-state index in [9.17, 15) is 4.79 Å². The molecule has 6 nitrogen and oxygen atoms in total. The van der Waals surface area contributed by atoms with Crippen LogP contribution in [-0.2, 0) is 16.2 Å². The van der Waals surface area contributed by atoms with Crippen molar-refractivity contribution in [3.8, 4) is 0 Å². The van der Waals surface area contributed by atoms with Gasteiger partial charge in [0.15, 0.2) is 11.5 Å². The van der Waals surface area contributed by atoms with E-state index in [0.29, 0.717) is 5.76 Å². The number of aromatic nitrogens is 1. The lowest BCUT2D eigenvalue weighted by Crippen LogP contribution is -2.25. The Morgan fingerprint density at radius 3 is 2.93 bits per heavy atom. The molecule has 1 rings (SSSR count). The van der Waals surface area contributed by atoms with Crippen LogP contribution in [0.3, 0.4) is 0 Å². The topological polar surface area (TPSA) is 64.8 Å². The SMILES string of the molecule is COCc1cc(C(=O)N(C)OC)no1. The normalized spacial score (nSPS) is 10.2. The van der Waals surface area contributed by atoms with E-state index in [4.69, 9.17) is 14.1 Å². The molecular weight excluding hydrogens is 188 g/mol. The first-order chi connectivity index (χ1) is 6.69. The van der Waals surface area contributed by atoms with Crippen LogP contribution >= 0.6 is 0 Å². The Hall–Kier alpha value is -1.40. The Morgan fingerprint density at radius 2 is 2.36 bits per heavy atom. The molecule has 0 aliphatic rings. The highest BCUT2D eigenvalue weighted by atomic mass is 16.7. The van der Waals surface area contributed by atoms with Crippen molar-refractivity contribution in [3.05, 3.63) is 17.5 Å². The fourth-order valence-corrected chi connectivity index (χ4v) is 0.868. The fraction of sp³-hybridized carbons (Fsp3) is 0.500. The number of carbonyl (C=O) groups excluding carboxylic acids is 1. The third-order valence-corrected chi connectivity index (χ3v) is 1.62. The summed E-state index contributed by atoms with van der Waals surface area (Å²) in [7, 11) is 4.42. The van der Waals surface area contributed by atoms with Crippen molar-refractivity contribution in [3.63, 3.8) is 0 Å². The van der Waals surface area contributed by atoms with Crippen molar-refractivity contribution < 1.29 is 18.9 Å². The second-order valence-corrected chi connectivity index (χ2v) is 2.60. The molecule has 1 heterocycles. The Kier molecular flexibility index (Phi) is 3.61. The summed E-state index contributed by atoms with van der Waals surface area (Å²) in [5, 5.41) is 4.64. The molecule has 0 N–H and O–H groups in total. The van der Waals surface area contributed by atoms with Crippen LogP contribution in [0.25, 0.3) is 0 Å². The molecule has 0 atom stereocenters. The number of methoxy groups -OCH3 is 1. The first kappa shape index (κ1) is 10.7. The first-order valence-corrected chi connectivity index (χ1v) is 3.95. The molecule has 1 aromatic heterocycles. The zero-order valence-electron chi connectivity index (χ0n) is 8.31. The molecule has 0 bridgehead atoms. The van der Waals surface area contributed by atoms with Gasteiger partial charge in [0.2, 0.25) is 0 Å². The van der Waals surface area contributed by atoms with E-state index in [2.05, 4.69) is 5.16 Å². The van der Waals surface area contributed by atoms with Crippen molar-refractivity contribution in [1.82, 2.24) is 10.2 Å². The standard InChI is InChI=1S/C8H12N2O4/c1-10(13-3)8(11)7-4-6(5-12-2)14-9-7/h4H,5H2,1-3H3. The van der Waals surface area contributed by atoms with Gasteiger partial charge >= 0.3 is 0 Å². The molecule has 0 saturated heterocycles. The van der Waals surface area contributed by atoms with Crippen LogP contribution in [0.15, 0.2) is 10.6 Å². The van der Waals surface area contributed by atoms with E-state index in [0.717, 1.165) is 5.06 Å². The van der Waals surface area contributed by atoms with E-state index < -0.39 is 0 Å². The number of hydroxylamine groups is 2. The number of nitrogens with zero attached hydrogens (tertiary/aromatic N) is 2. The third-order valence-electron chi connectivity index (χ3n) is 1.62. The molecule has 6 heteroatoms. The zero-order chi connectivity index (χ0) is 10.6. The van der Waals surface area contributed by atoms with Crippen LogP contribution in [0.2, 0.25) is 0 Å². The van der Waals surface area contributed by atoms with Gasteiger partial charge in [-0.25, -0.2) is 5.06 Å². The van der Waals surface area contributed by atoms with Gasteiger partial charge in [-0.1, -0.05) is 5.16 Å². The van der Waals surface area contributed by atoms with Gasteiger partial charge in [-0.2, -0.15) is 0 Å². The average molecular weight is 200 g/mol. The molecule has 1 amide bonds. The summed E-state index contributed by atoms with van der Waals surface area (Å²) in [5.74, 6) is 0.138. The largest absolute Gasteiger partial charge is 0.377 e. The Balaban J connectivity index is 2.71. The van der Waals surface area contributed by atoms with Crippen LogP contribution in [0.1, 0.15) is 16.2 Å². The fourth-order valence-electron chi connectivity index (χ4n) is 0.868. The Bertz CT molecular complexity index is 310. The van der Waals surface area contributed by atoms with Gasteiger partial charge < -0.3 is 9.26 Å². The molecule has 0 spiro atoms. The van der Waals surface area contributed by atoms with Crippen molar-refractivity contribution >= 4 is 5.91 Å². The molecule has 1 aromatic rings. The summed E-state index contributed by atoms with van der Waals surface area (Å²) < 4.78 is 9.66. The first-order valence-electron chi connectivity index (χ1n) is 3.95. The van der Waals surface area contributed by atoms with Gasteiger partial charge in [0, 0.05) is 20.2 Å². The maximum atomic E-state index is 11.4. The van der Waals surface area contributed by atoms with E-state index in [-0.39, 0.29) is 18.2 Å². The highest BCUT2D eigenvalue weighted by Gasteiger charge is 2.16. The average Bonchev–Trinajstić information content (AvgIpc) is 2.64.